The summed E-state index contributed by atoms with van der Waals surface area (Å²) in [4.78, 5) is 4.01. The van der Waals surface area contributed by atoms with Crippen molar-refractivity contribution in [1.82, 2.24) is 9.55 Å². The van der Waals surface area contributed by atoms with E-state index in [0.717, 1.165) is 34.1 Å². The van der Waals surface area contributed by atoms with Crippen LogP contribution >= 0.6 is 31.9 Å². The zero-order chi connectivity index (χ0) is 14.4. The third-order valence-corrected chi connectivity index (χ3v) is 4.04. The summed E-state index contributed by atoms with van der Waals surface area (Å²) in [6.07, 6.45) is 7.34. The lowest BCUT2D eigenvalue weighted by atomic mass is 10.1. The molecule has 1 heterocycles. The number of ether oxygens (including phenoxy) is 1. The molecule has 2 rings (SSSR count). The number of rotatable bonds is 7. The third-order valence-electron chi connectivity index (χ3n) is 2.86. The fourth-order valence-corrected chi connectivity index (χ4v) is 3.41. The Morgan fingerprint density at radius 2 is 2.00 bits per heavy atom. The Balaban J connectivity index is 1.89. The summed E-state index contributed by atoms with van der Waals surface area (Å²) in [5, 5.41) is 0. The highest BCUT2D eigenvalue weighted by Gasteiger charge is 2.08. The van der Waals surface area contributed by atoms with Crippen molar-refractivity contribution in [2.75, 3.05) is 13.2 Å². The Labute approximate surface area is 135 Å². The topological polar surface area (TPSA) is 53.1 Å². The van der Waals surface area contributed by atoms with Gasteiger partial charge in [-0.2, -0.15) is 0 Å². The molecule has 0 radical (unpaired) electrons. The smallest absolute Gasteiger partial charge is 0.147 e. The minimum absolute atomic E-state index is 0.643. The highest BCUT2D eigenvalue weighted by Crippen LogP contribution is 2.35. The Kier molecular flexibility index (Phi) is 6.06. The van der Waals surface area contributed by atoms with Crippen molar-refractivity contribution in [1.29, 1.82) is 0 Å². The number of benzene rings is 1. The molecule has 0 unspecified atom stereocenters. The minimum Gasteiger partial charge on any atom is -0.491 e. The number of aromatic nitrogens is 2. The van der Waals surface area contributed by atoms with Gasteiger partial charge in [-0.3, -0.25) is 0 Å². The van der Waals surface area contributed by atoms with Crippen LogP contribution in [-0.2, 0) is 13.0 Å². The fourth-order valence-electron chi connectivity index (χ4n) is 1.90. The fraction of sp³-hybridized carbons (Fsp3) is 0.357. The first-order valence-corrected chi connectivity index (χ1v) is 8.06. The van der Waals surface area contributed by atoms with E-state index < -0.39 is 0 Å². The first-order chi connectivity index (χ1) is 9.70. The Bertz CT molecular complexity index is 520. The zero-order valence-corrected chi connectivity index (χ0v) is 14.2. The number of hydrogen-bond donors (Lipinski definition) is 1. The maximum atomic E-state index is 5.84. The van der Waals surface area contributed by atoms with Crippen molar-refractivity contribution in [2.24, 2.45) is 5.73 Å². The Morgan fingerprint density at radius 3 is 2.60 bits per heavy atom. The number of hydrogen-bond acceptors (Lipinski definition) is 3. The van der Waals surface area contributed by atoms with Crippen LogP contribution in [0.25, 0.3) is 0 Å². The first kappa shape index (κ1) is 15.5. The van der Waals surface area contributed by atoms with Crippen molar-refractivity contribution in [3.05, 3.63) is 45.4 Å². The van der Waals surface area contributed by atoms with E-state index in [9.17, 15) is 0 Å². The third kappa shape index (κ3) is 4.33. The molecule has 4 nitrogen and oxygen atoms in total. The lowest BCUT2D eigenvalue weighted by molar-refractivity contribution is 0.298. The molecule has 2 N–H and O–H groups in total. The van der Waals surface area contributed by atoms with Crippen molar-refractivity contribution in [3.8, 4) is 5.75 Å². The second-order valence-electron chi connectivity index (χ2n) is 4.43. The SMILES string of the molecule is NCCc1cc(Br)c(OCCCn2ccnc2)c(Br)c1. The zero-order valence-electron chi connectivity index (χ0n) is 11.1. The number of imidazole rings is 1. The number of halogens is 2. The van der Waals surface area contributed by atoms with Crippen molar-refractivity contribution < 1.29 is 4.74 Å². The van der Waals surface area contributed by atoms with Gasteiger partial charge >= 0.3 is 0 Å². The molecular formula is C14H17Br2N3O. The van der Waals surface area contributed by atoms with E-state index in [-0.39, 0.29) is 0 Å². The van der Waals surface area contributed by atoms with Gasteiger partial charge in [0.05, 0.1) is 21.9 Å². The van der Waals surface area contributed by atoms with E-state index in [1.165, 1.54) is 5.56 Å². The molecule has 0 fully saturated rings. The predicted octanol–water partition coefficient (Wildman–Crippen LogP) is 3.38. The lowest BCUT2D eigenvalue weighted by Gasteiger charge is -2.12. The summed E-state index contributed by atoms with van der Waals surface area (Å²) >= 11 is 7.10. The van der Waals surface area contributed by atoms with Crippen LogP contribution in [0.15, 0.2) is 39.8 Å². The molecule has 108 valence electrons. The van der Waals surface area contributed by atoms with E-state index in [1.807, 2.05) is 17.1 Å². The van der Waals surface area contributed by atoms with Gasteiger partial charge in [0.1, 0.15) is 5.75 Å². The molecule has 0 aliphatic carbocycles. The molecule has 0 aliphatic rings. The van der Waals surface area contributed by atoms with Gasteiger partial charge in [-0.25, -0.2) is 4.98 Å². The van der Waals surface area contributed by atoms with Gasteiger partial charge in [0, 0.05) is 18.9 Å². The van der Waals surface area contributed by atoms with Crippen LogP contribution in [-0.4, -0.2) is 22.7 Å². The number of aryl methyl sites for hydroxylation is 1. The molecule has 0 aliphatic heterocycles. The molecule has 6 heteroatoms. The van der Waals surface area contributed by atoms with Gasteiger partial charge in [-0.1, -0.05) is 0 Å². The average Bonchev–Trinajstić information content (AvgIpc) is 2.90. The Hall–Kier alpha value is -0.850. The van der Waals surface area contributed by atoms with Crippen LogP contribution in [0.3, 0.4) is 0 Å². The van der Waals surface area contributed by atoms with Gasteiger partial charge in [0.15, 0.2) is 0 Å². The molecular weight excluding hydrogens is 386 g/mol. The predicted molar refractivity (Wildman–Crippen MR) is 86.9 cm³/mol. The number of nitrogens with two attached hydrogens (primary N) is 1. The van der Waals surface area contributed by atoms with Crippen molar-refractivity contribution in [2.45, 2.75) is 19.4 Å². The summed E-state index contributed by atoms with van der Waals surface area (Å²) in [7, 11) is 0. The normalized spacial score (nSPS) is 10.8. The molecule has 2 aromatic rings. The summed E-state index contributed by atoms with van der Waals surface area (Å²) < 4.78 is 9.79. The van der Waals surface area contributed by atoms with E-state index in [1.54, 1.807) is 6.20 Å². The highest BCUT2D eigenvalue weighted by atomic mass is 79.9. The Morgan fingerprint density at radius 1 is 1.25 bits per heavy atom. The monoisotopic (exact) mass is 401 g/mol. The lowest BCUT2D eigenvalue weighted by Crippen LogP contribution is -2.05. The second-order valence-corrected chi connectivity index (χ2v) is 6.14. The first-order valence-electron chi connectivity index (χ1n) is 6.47. The van der Waals surface area contributed by atoms with Crippen molar-refractivity contribution >= 4 is 31.9 Å². The van der Waals surface area contributed by atoms with Gasteiger partial charge in [0.2, 0.25) is 0 Å². The molecule has 0 amide bonds. The van der Waals surface area contributed by atoms with Gasteiger partial charge < -0.3 is 15.0 Å². The standard InChI is InChI=1S/C14H17Br2N3O/c15-12-8-11(2-3-17)9-13(16)14(12)20-7-1-5-19-6-4-18-10-19/h4,6,8-10H,1-3,5,7,17H2. The summed E-state index contributed by atoms with van der Waals surface area (Å²) in [5.74, 6) is 0.844. The van der Waals surface area contributed by atoms with Gasteiger partial charge in [-0.15, -0.1) is 0 Å². The van der Waals surface area contributed by atoms with E-state index in [2.05, 4.69) is 49.0 Å². The van der Waals surface area contributed by atoms with Crippen LogP contribution in [0.4, 0.5) is 0 Å². The van der Waals surface area contributed by atoms with Gasteiger partial charge in [0.25, 0.3) is 0 Å². The molecule has 0 saturated carbocycles. The summed E-state index contributed by atoms with van der Waals surface area (Å²) in [5.41, 5.74) is 6.77. The summed E-state index contributed by atoms with van der Waals surface area (Å²) in [6, 6.07) is 4.12. The number of nitrogens with zero attached hydrogens (tertiary/aromatic N) is 2. The molecule has 20 heavy (non-hydrogen) atoms. The maximum absolute atomic E-state index is 5.84. The van der Waals surface area contributed by atoms with E-state index >= 15 is 0 Å². The molecule has 0 atom stereocenters. The molecule has 0 saturated heterocycles. The average molecular weight is 403 g/mol. The van der Waals surface area contributed by atoms with E-state index in [0.29, 0.717) is 13.2 Å². The minimum atomic E-state index is 0.643. The van der Waals surface area contributed by atoms with Crippen LogP contribution in [0.2, 0.25) is 0 Å². The quantitative estimate of drug-likeness (QED) is 0.722. The van der Waals surface area contributed by atoms with Gasteiger partial charge in [-0.05, 0) is 68.9 Å². The second kappa shape index (κ2) is 7.81. The largest absolute Gasteiger partial charge is 0.491 e. The summed E-state index contributed by atoms with van der Waals surface area (Å²) in [6.45, 7) is 2.20. The molecule has 1 aromatic heterocycles. The van der Waals surface area contributed by atoms with Crippen LogP contribution < -0.4 is 10.5 Å². The molecule has 0 bridgehead atoms. The van der Waals surface area contributed by atoms with Crippen LogP contribution in [0, 0.1) is 0 Å². The van der Waals surface area contributed by atoms with Crippen molar-refractivity contribution in [3.63, 3.8) is 0 Å². The maximum Gasteiger partial charge on any atom is 0.147 e. The van der Waals surface area contributed by atoms with E-state index in [4.69, 9.17) is 10.5 Å². The van der Waals surface area contributed by atoms with Crippen LogP contribution in [0.1, 0.15) is 12.0 Å². The molecule has 0 spiro atoms. The molecule has 1 aromatic carbocycles. The van der Waals surface area contributed by atoms with Crippen LogP contribution in [0.5, 0.6) is 5.75 Å². The highest BCUT2D eigenvalue weighted by molar-refractivity contribution is 9.11.